The van der Waals surface area contributed by atoms with Gasteiger partial charge in [0.2, 0.25) is 5.91 Å². The summed E-state index contributed by atoms with van der Waals surface area (Å²) in [5, 5.41) is 2.63. The lowest BCUT2D eigenvalue weighted by molar-refractivity contribution is -0.119. The predicted molar refractivity (Wildman–Crippen MR) is 94.8 cm³/mol. The van der Waals surface area contributed by atoms with E-state index in [0.29, 0.717) is 6.54 Å². The quantitative estimate of drug-likeness (QED) is 0.822. The van der Waals surface area contributed by atoms with Gasteiger partial charge in [0.15, 0.2) is 4.21 Å². The molecule has 0 radical (unpaired) electrons. The summed E-state index contributed by atoms with van der Waals surface area (Å²) in [4.78, 5) is 11.7. The summed E-state index contributed by atoms with van der Waals surface area (Å²) in [5.41, 5.74) is 1.09. The van der Waals surface area contributed by atoms with Gasteiger partial charge in [-0.2, -0.15) is 8.42 Å². The topological polar surface area (TPSA) is 72.5 Å². The zero-order valence-electron chi connectivity index (χ0n) is 14.1. The van der Waals surface area contributed by atoms with Crippen LogP contribution in [-0.2, 0) is 26.9 Å². The van der Waals surface area contributed by atoms with Gasteiger partial charge in [0.25, 0.3) is 0 Å². The highest BCUT2D eigenvalue weighted by molar-refractivity contribution is 7.89. The van der Waals surface area contributed by atoms with Crippen molar-refractivity contribution >= 4 is 27.4 Å². The molecule has 0 bridgehead atoms. The molecule has 2 aromatic rings. The molecule has 0 aliphatic carbocycles. The zero-order chi connectivity index (χ0) is 18.0. The fourth-order valence-corrected chi connectivity index (χ4v) is 4.17. The molecule has 0 aliphatic rings. The first-order valence-corrected chi connectivity index (χ1v) is 9.68. The molecule has 1 heterocycles. The summed E-state index contributed by atoms with van der Waals surface area (Å²) >= 11 is 1.08. The van der Waals surface area contributed by atoms with Crippen LogP contribution in [-0.4, -0.2) is 14.3 Å². The monoisotopic (exact) mass is 367 g/mol. The van der Waals surface area contributed by atoms with Gasteiger partial charge in [-0.1, -0.05) is 32.9 Å². The smallest absolute Gasteiger partial charge is 0.348 e. The summed E-state index contributed by atoms with van der Waals surface area (Å²) in [7, 11) is -3.87. The standard InChI is InChI=1S/C17H21NO4S2/c1-12(19)18-11-15-9-10-16(23-15)24(20,21)22-14-7-5-13(6-8-14)17(2,3)4/h5-10H,11H2,1-4H3,(H,18,19). The van der Waals surface area contributed by atoms with E-state index in [9.17, 15) is 13.2 Å². The van der Waals surface area contributed by atoms with Crippen LogP contribution >= 0.6 is 11.3 Å². The average Bonchev–Trinajstić information content (AvgIpc) is 2.94. The predicted octanol–water partition coefficient (Wildman–Crippen LogP) is 3.45. The van der Waals surface area contributed by atoms with Crippen molar-refractivity contribution in [2.24, 2.45) is 0 Å². The highest BCUT2D eigenvalue weighted by Crippen LogP contribution is 2.28. The van der Waals surface area contributed by atoms with Gasteiger partial charge in [0.05, 0.1) is 6.54 Å². The minimum Gasteiger partial charge on any atom is -0.378 e. The number of nitrogens with one attached hydrogen (secondary N) is 1. The van der Waals surface area contributed by atoms with Gasteiger partial charge in [-0.25, -0.2) is 0 Å². The molecule has 1 aromatic heterocycles. The van der Waals surface area contributed by atoms with E-state index in [1.807, 2.05) is 12.1 Å². The van der Waals surface area contributed by atoms with Crippen molar-refractivity contribution in [3.63, 3.8) is 0 Å². The lowest BCUT2D eigenvalue weighted by Gasteiger charge is -2.19. The van der Waals surface area contributed by atoms with Crippen molar-refractivity contribution in [1.29, 1.82) is 0 Å². The van der Waals surface area contributed by atoms with Crippen molar-refractivity contribution in [3.8, 4) is 5.75 Å². The Morgan fingerprint density at radius 2 is 1.75 bits per heavy atom. The van der Waals surface area contributed by atoms with Crippen LogP contribution in [0.4, 0.5) is 0 Å². The van der Waals surface area contributed by atoms with Crippen LogP contribution in [0, 0.1) is 0 Å². The van der Waals surface area contributed by atoms with Crippen LogP contribution in [0.2, 0.25) is 0 Å². The lowest BCUT2D eigenvalue weighted by atomic mass is 9.87. The fraction of sp³-hybridized carbons (Fsp3) is 0.353. The van der Waals surface area contributed by atoms with Crippen LogP contribution in [0.15, 0.2) is 40.6 Å². The molecule has 7 heteroatoms. The van der Waals surface area contributed by atoms with Crippen molar-refractivity contribution in [2.45, 2.75) is 43.9 Å². The molecule has 0 fully saturated rings. The first-order valence-electron chi connectivity index (χ1n) is 7.46. The van der Waals surface area contributed by atoms with Crippen LogP contribution in [0.5, 0.6) is 5.75 Å². The summed E-state index contributed by atoms with van der Waals surface area (Å²) in [6.45, 7) is 7.97. The number of hydrogen-bond donors (Lipinski definition) is 1. The largest absolute Gasteiger partial charge is 0.378 e. The molecule has 1 amide bonds. The number of rotatable bonds is 5. The van der Waals surface area contributed by atoms with Gasteiger partial charge in [-0.3, -0.25) is 4.79 Å². The molecule has 0 saturated carbocycles. The molecule has 24 heavy (non-hydrogen) atoms. The molecule has 0 aliphatic heterocycles. The highest BCUT2D eigenvalue weighted by Gasteiger charge is 2.20. The van der Waals surface area contributed by atoms with Crippen LogP contribution in [0.3, 0.4) is 0 Å². The molecule has 0 spiro atoms. The molecule has 1 aromatic carbocycles. The Kier molecular flexibility index (Phi) is 5.35. The third kappa shape index (κ3) is 4.82. The van der Waals surface area contributed by atoms with E-state index < -0.39 is 10.1 Å². The Morgan fingerprint density at radius 3 is 2.29 bits per heavy atom. The highest BCUT2D eigenvalue weighted by atomic mass is 32.3. The van der Waals surface area contributed by atoms with Gasteiger partial charge >= 0.3 is 10.1 Å². The maximum Gasteiger partial charge on any atom is 0.348 e. The van der Waals surface area contributed by atoms with Gasteiger partial charge in [0.1, 0.15) is 5.75 Å². The van der Waals surface area contributed by atoms with E-state index in [1.165, 1.54) is 13.0 Å². The van der Waals surface area contributed by atoms with E-state index in [2.05, 4.69) is 26.1 Å². The van der Waals surface area contributed by atoms with Crippen LogP contribution in [0.25, 0.3) is 0 Å². The first kappa shape index (κ1) is 18.5. The molecule has 2 rings (SSSR count). The second-order valence-corrected chi connectivity index (χ2v) is 9.38. The Morgan fingerprint density at radius 1 is 1.12 bits per heavy atom. The third-order valence-corrected chi connectivity index (χ3v) is 6.10. The SMILES string of the molecule is CC(=O)NCc1ccc(S(=O)(=O)Oc2ccc(C(C)(C)C)cc2)s1. The summed E-state index contributed by atoms with van der Waals surface area (Å²) in [5.74, 6) is 0.114. The van der Waals surface area contributed by atoms with Gasteiger partial charge in [-0.15, -0.1) is 11.3 Å². The van der Waals surface area contributed by atoms with Crippen molar-refractivity contribution in [2.75, 3.05) is 0 Å². The van der Waals surface area contributed by atoms with E-state index in [-0.39, 0.29) is 21.3 Å². The van der Waals surface area contributed by atoms with Gasteiger partial charge in [0, 0.05) is 11.8 Å². The summed E-state index contributed by atoms with van der Waals surface area (Å²) in [6.07, 6.45) is 0. The summed E-state index contributed by atoms with van der Waals surface area (Å²) in [6, 6.07) is 10.2. The number of benzene rings is 1. The van der Waals surface area contributed by atoms with Crippen molar-refractivity contribution < 1.29 is 17.4 Å². The number of hydrogen-bond acceptors (Lipinski definition) is 5. The maximum atomic E-state index is 12.3. The molecule has 0 unspecified atom stereocenters. The molecule has 1 N–H and O–H groups in total. The lowest BCUT2D eigenvalue weighted by Crippen LogP contribution is -2.18. The zero-order valence-corrected chi connectivity index (χ0v) is 15.8. The molecular formula is C17H21NO4S2. The van der Waals surface area contributed by atoms with Crippen LogP contribution < -0.4 is 9.50 Å². The Labute approximate surface area is 146 Å². The minimum absolute atomic E-state index is 0.0101. The Hall–Kier alpha value is -1.86. The second kappa shape index (κ2) is 6.94. The van der Waals surface area contributed by atoms with Gasteiger partial charge < -0.3 is 9.50 Å². The maximum absolute atomic E-state index is 12.3. The molecule has 0 saturated heterocycles. The molecule has 130 valence electrons. The van der Waals surface area contributed by atoms with E-state index in [0.717, 1.165) is 21.8 Å². The molecule has 0 atom stereocenters. The van der Waals surface area contributed by atoms with Crippen molar-refractivity contribution in [3.05, 3.63) is 46.8 Å². The fourth-order valence-electron chi connectivity index (χ4n) is 1.98. The normalized spacial score (nSPS) is 12.0. The molecular weight excluding hydrogens is 346 g/mol. The molecule has 5 nitrogen and oxygen atoms in total. The average molecular weight is 367 g/mol. The van der Waals surface area contributed by atoms with E-state index >= 15 is 0 Å². The number of carbonyl (C=O) groups is 1. The second-order valence-electron chi connectivity index (χ2n) is 6.44. The van der Waals surface area contributed by atoms with E-state index in [4.69, 9.17) is 4.18 Å². The first-order chi connectivity index (χ1) is 11.1. The van der Waals surface area contributed by atoms with Gasteiger partial charge in [-0.05, 0) is 35.2 Å². The Balaban J connectivity index is 2.12. The summed E-state index contributed by atoms with van der Waals surface area (Å²) < 4.78 is 30.0. The van der Waals surface area contributed by atoms with Crippen molar-refractivity contribution in [1.82, 2.24) is 5.32 Å². The Bertz CT molecular complexity index is 815. The third-order valence-electron chi connectivity index (χ3n) is 3.32. The number of carbonyl (C=O) groups excluding carboxylic acids is 1. The number of amides is 1. The van der Waals surface area contributed by atoms with Crippen LogP contribution in [0.1, 0.15) is 38.1 Å². The minimum atomic E-state index is -3.87. The number of thiophene rings is 1. The van der Waals surface area contributed by atoms with E-state index in [1.54, 1.807) is 18.2 Å².